The van der Waals surface area contributed by atoms with Crippen LogP contribution in [0.5, 0.6) is 5.75 Å². The average Bonchev–Trinajstić information content (AvgIpc) is 3.68. The number of aromatic nitrogens is 2. The van der Waals surface area contributed by atoms with E-state index in [2.05, 4.69) is 44.3 Å². The Morgan fingerprint density at radius 3 is 2.55 bits per heavy atom. The van der Waals surface area contributed by atoms with Crippen molar-refractivity contribution < 1.29 is 72.8 Å². The molecule has 2 fully saturated rings. The van der Waals surface area contributed by atoms with Gasteiger partial charge in [0.15, 0.2) is 23.5 Å². The van der Waals surface area contributed by atoms with Crippen LogP contribution in [-0.2, 0) is 42.7 Å². The summed E-state index contributed by atoms with van der Waals surface area (Å²) in [6.07, 6.45) is -8.55. The minimum Gasteiger partial charge on any atom is -0.508 e. The van der Waals surface area contributed by atoms with Gasteiger partial charge in [-0.15, -0.1) is 0 Å². The highest BCUT2D eigenvalue weighted by molar-refractivity contribution is 8.13. The van der Waals surface area contributed by atoms with Crippen molar-refractivity contribution in [3.63, 3.8) is 0 Å². The molecule has 3 aromatic rings. The SMILES string of the molecule is COC(=O)NC1=C2C#C/C=C\C#C[C@H](OC3OC(C)C(C(O)c4nc(C(=O)OC)cc5c4[nH]c4ccc(O)cc45)C(O)C3OC3CC(OC)C(NC(C)C)CO3)C2/C(=C\CSC(C)=O)[C@@H](O)CC1=O. The van der Waals surface area contributed by atoms with Gasteiger partial charge in [0.25, 0.3) is 0 Å². The number of fused-ring (bicyclic) bond motifs is 4. The quantitative estimate of drug-likeness (QED) is 0.0737. The van der Waals surface area contributed by atoms with Crippen LogP contribution in [0.25, 0.3) is 21.8 Å². The first-order chi connectivity index (χ1) is 33.0. The summed E-state index contributed by atoms with van der Waals surface area (Å²) in [5.41, 5.74) is 0.612. The summed E-state index contributed by atoms with van der Waals surface area (Å²) >= 11 is 0.955. The zero-order chi connectivity index (χ0) is 49.7. The van der Waals surface area contributed by atoms with E-state index in [1.54, 1.807) is 26.2 Å². The van der Waals surface area contributed by atoms with Crippen molar-refractivity contribution in [1.82, 2.24) is 20.6 Å². The number of phenolic OH excluding ortho intramolecular Hbond substituents is 1. The molecular weight excluding hydrogens is 917 g/mol. The highest BCUT2D eigenvalue weighted by Gasteiger charge is 2.52. The minimum absolute atomic E-state index is 0.0107. The largest absolute Gasteiger partial charge is 0.508 e. The molecule has 0 bridgehead atoms. The first-order valence-electron chi connectivity index (χ1n) is 22.3. The maximum absolute atomic E-state index is 13.9. The number of ether oxygens (including phenoxy) is 7. The third-order valence-corrected chi connectivity index (χ3v) is 13.0. The highest BCUT2D eigenvalue weighted by atomic mass is 32.2. The lowest BCUT2D eigenvalue weighted by molar-refractivity contribution is -0.341. The number of thioether (sulfide) groups is 1. The smallest absolute Gasteiger partial charge is 0.411 e. The molecule has 0 saturated carbocycles. The molecule has 2 aliphatic carbocycles. The van der Waals surface area contributed by atoms with Crippen LogP contribution in [0.4, 0.5) is 4.79 Å². The monoisotopic (exact) mass is 972 g/mol. The third-order valence-electron chi connectivity index (χ3n) is 12.3. The van der Waals surface area contributed by atoms with Gasteiger partial charge in [-0.25, -0.2) is 14.6 Å². The number of benzene rings is 1. The zero-order valence-corrected chi connectivity index (χ0v) is 39.8. The first kappa shape index (κ1) is 51.2. The summed E-state index contributed by atoms with van der Waals surface area (Å²) < 4.78 is 42.1. The number of aliphatic hydroxyl groups excluding tert-OH is 3. The number of carbonyl (C=O) groups is 4. The molecule has 7 N–H and O–H groups in total. The van der Waals surface area contributed by atoms with Crippen LogP contribution in [0.2, 0.25) is 0 Å². The fourth-order valence-corrected chi connectivity index (χ4v) is 9.64. The summed E-state index contributed by atoms with van der Waals surface area (Å²) in [5, 5.41) is 54.1. The molecule has 0 radical (unpaired) electrons. The number of aromatic amines is 1. The second-order valence-corrected chi connectivity index (χ2v) is 18.4. The van der Waals surface area contributed by atoms with Gasteiger partial charge in [0.1, 0.15) is 29.8 Å². The highest BCUT2D eigenvalue weighted by Crippen LogP contribution is 2.43. The Kier molecular flexibility index (Phi) is 16.6. The van der Waals surface area contributed by atoms with Crippen LogP contribution in [0, 0.1) is 35.5 Å². The molecule has 1 aromatic carbocycles. The van der Waals surface area contributed by atoms with Crippen molar-refractivity contribution in [3.8, 4) is 29.4 Å². The third kappa shape index (κ3) is 11.4. The second kappa shape index (κ2) is 22.4. The number of amides is 1. The topological polar surface area (TPSA) is 267 Å². The number of rotatable bonds is 13. The predicted molar refractivity (Wildman–Crippen MR) is 250 cm³/mol. The van der Waals surface area contributed by atoms with Crippen LogP contribution in [0.1, 0.15) is 62.8 Å². The van der Waals surface area contributed by atoms with E-state index in [9.17, 15) is 39.6 Å². The van der Waals surface area contributed by atoms with E-state index in [0.29, 0.717) is 21.8 Å². The van der Waals surface area contributed by atoms with Crippen LogP contribution in [-0.4, -0.2) is 148 Å². The number of Topliss-reactive ketones (excluding diaryl/α,β-unsaturated/α-hetero) is 1. The number of aromatic hydroxyl groups is 1. The van der Waals surface area contributed by atoms with Gasteiger partial charge in [0.2, 0.25) is 0 Å². The van der Waals surface area contributed by atoms with E-state index in [1.807, 2.05) is 13.8 Å². The summed E-state index contributed by atoms with van der Waals surface area (Å²) in [6, 6.07) is 5.97. The minimum atomic E-state index is -1.67. The van der Waals surface area contributed by atoms with E-state index in [1.165, 1.54) is 44.4 Å². The molecule has 1 amide bonds. The van der Waals surface area contributed by atoms with Crippen molar-refractivity contribution in [2.75, 3.05) is 33.7 Å². The molecule has 4 heterocycles. The Hall–Kier alpha value is -5.62. The Labute approximate surface area is 402 Å². The molecule has 368 valence electrons. The molecule has 69 heavy (non-hydrogen) atoms. The maximum Gasteiger partial charge on any atom is 0.411 e. The molecule has 2 aliphatic heterocycles. The van der Waals surface area contributed by atoms with Gasteiger partial charge in [0, 0.05) is 66.5 Å². The lowest BCUT2D eigenvalue weighted by Gasteiger charge is -2.47. The van der Waals surface area contributed by atoms with Crippen LogP contribution in [0.15, 0.2) is 59.3 Å². The molecule has 2 saturated heterocycles. The number of allylic oxidation sites excluding steroid dienone is 3. The number of carbonyl (C=O) groups excluding carboxylic acids is 4. The Morgan fingerprint density at radius 1 is 1.07 bits per heavy atom. The number of methoxy groups -OCH3 is 3. The molecule has 7 rings (SSSR count). The molecule has 20 heteroatoms. The van der Waals surface area contributed by atoms with Crippen LogP contribution in [0.3, 0.4) is 0 Å². The number of pyridine rings is 1. The number of alkyl carbamates (subject to hydrolysis) is 1. The zero-order valence-electron chi connectivity index (χ0n) is 39.0. The second-order valence-electron chi connectivity index (χ2n) is 17.2. The van der Waals surface area contributed by atoms with Crippen LogP contribution < -0.4 is 10.6 Å². The summed E-state index contributed by atoms with van der Waals surface area (Å²) in [7, 11) is 3.88. The van der Waals surface area contributed by atoms with Crippen molar-refractivity contribution >= 4 is 56.5 Å². The number of ketones is 1. The lowest BCUT2D eigenvalue weighted by Crippen LogP contribution is -2.60. The molecule has 19 nitrogen and oxygen atoms in total. The van der Waals surface area contributed by atoms with Crippen LogP contribution >= 0.6 is 11.8 Å². The van der Waals surface area contributed by atoms with Crippen molar-refractivity contribution in [2.24, 2.45) is 11.8 Å². The fraction of sp³-hybridized carbons (Fsp3) is 0.490. The van der Waals surface area contributed by atoms with Gasteiger partial charge in [-0.1, -0.05) is 55.4 Å². The average molecular weight is 973 g/mol. The van der Waals surface area contributed by atoms with Gasteiger partial charge < -0.3 is 63.9 Å². The normalized spacial score (nSPS) is 29.6. The standard InChI is InChI=1S/C49H56N4O15S/c1-23(2)50-33-22-65-38(21-37(33)62-5)68-46-45(59)39(44(58)43-42-30(19-32(52-43)47(60)63-6)29-18-26(55)14-15-31(29)51-42)24(3)66-48(46)67-36-13-11-9-8-10-12-28-40(36)27(16-17-69-25(4)54)34(56)20-35(57)41(28)53-49(61)64-7/h8-9,14-16,18-19,23-24,33-34,36-40,44-46,48,50-51,55-56,58-59H,17,20-22H2,1-7H3,(H,53,61)/b9-8-,27-16-/t24?,33?,34-,36-,37?,38?,39?,40?,44?,45?,46?,48?/m0/s1. The fourth-order valence-electron chi connectivity index (χ4n) is 9.13. The van der Waals surface area contributed by atoms with E-state index in [-0.39, 0.29) is 70.0 Å². The van der Waals surface area contributed by atoms with E-state index in [4.69, 9.17) is 33.2 Å². The number of esters is 1. The number of aliphatic hydroxyl groups is 3. The molecule has 0 spiro atoms. The van der Waals surface area contributed by atoms with E-state index < -0.39 is 91.4 Å². The van der Waals surface area contributed by atoms with E-state index >= 15 is 0 Å². The van der Waals surface area contributed by atoms with Gasteiger partial charge in [-0.05, 0) is 48.9 Å². The number of H-pyrrole nitrogens is 1. The number of nitrogens with one attached hydrogen (secondary N) is 3. The molecule has 10 unspecified atom stereocenters. The molecular formula is C49H56N4O15S. The van der Waals surface area contributed by atoms with Gasteiger partial charge in [0.05, 0.1) is 74.1 Å². The molecule has 4 aliphatic rings. The van der Waals surface area contributed by atoms with Crippen molar-refractivity contribution in [3.05, 3.63) is 70.7 Å². The van der Waals surface area contributed by atoms with Gasteiger partial charge in [-0.2, -0.15) is 0 Å². The summed E-state index contributed by atoms with van der Waals surface area (Å²) in [4.78, 5) is 59.5. The first-order valence-corrected chi connectivity index (χ1v) is 23.3. The van der Waals surface area contributed by atoms with E-state index in [0.717, 1.165) is 18.9 Å². The number of hydrogen-bond acceptors (Lipinski definition) is 18. The predicted octanol–water partition coefficient (Wildman–Crippen LogP) is 3.20. The van der Waals surface area contributed by atoms with Crippen molar-refractivity contribution in [2.45, 2.75) is 108 Å². The van der Waals surface area contributed by atoms with Crippen molar-refractivity contribution in [1.29, 1.82) is 0 Å². The maximum atomic E-state index is 13.9. The number of hydrogen-bond donors (Lipinski definition) is 7. The Balaban J connectivity index is 1.34. The Bertz CT molecular complexity index is 2680. The number of phenols is 1. The van der Waals surface area contributed by atoms with Gasteiger partial charge in [-0.3, -0.25) is 14.9 Å². The summed E-state index contributed by atoms with van der Waals surface area (Å²) in [6.45, 7) is 7.12. The molecule has 2 aromatic heterocycles. The lowest BCUT2D eigenvalue weighted by atomic mass is 9.82. The van der Waals surface area contributed by atoms with Gasteiger partial charge >= 0.3 is 12.1 Å². The Morgan fingerprint density at radius 2 is 1.84 bits per heavy atom. The molecule has 12 atom stereocenters. The summed E-state index contributed by atoms with van der Waals surface area (Å²) in [5.74, 6) is 7.84. The number of nitrogens with zero attached hydrogens (tertiary/aromatic N) is 1.